The summed E-state index contributed by atoms with van der Waals surface area (Å²) in [4.78, 5) is 52.2. The van der Waals surface area contributed by atoms with Crippen LogP contribution < -0.4 is 15.5 Å². The third kappa shape index (κ3) is 6.02. The minimum atomic E-state index is -4.75. The molecule has 0 saturated carbocycles. The van der Waals surface area contributed by atoms with E-state index in [0.29, 0.717) is 22.0 Å². The van der Waals surface area contributed by atoms with Crippen LogP contribution in [0.1, 0.15) is 32.7 Å². The van der Waals surface area contributed by atoms with Crippen LogP contribution in [0, 0.1) is 0 Å². The van der Waals surface area contributed by atoms with Gasteiger partial charge in [0.15, 0.2) is 17.0 Å². The molecule has 1 aromatic carbocycles. The third-order valence-corrected chi connectivity index (χ3v) is 7.57. The fourth-order valence-electron chi connectivity index (χ4n) is 2.96. The highest BCUT2D eigenvalue weighted by Gasteiger charge is 2.30. The van der Waals surface area contributed by atoms with Crippen molar-refractivity contribution in [2.45, 2.75) is 32.7 Å². The van der Waals surface area contributed by atoms with E-state index in [2.05, 4.69) is 25.6 Å². The van der Waals surface area contributed by atoms with Crippen molar-refractivity contribution in [3.05, 3.63) is 35.6 Å². The second kappa shape index (κ2) is 10.2. The molecule has 14 heteroatoms. The average molecular weight is 501 g/mol. The van der Waals surface area contributed by atoms with Crippen LogP contribution in [0.5, 0.6) is 0 Å². The van der Waals surface area contributed by atoms with Gasteiger partial charge < -0.3 is 29.9 Å². The van der Waals surface area contributed by atoms with Crippen molar-refractivity contribution in [2.24, 2.45) is 0 Å². The number of nitrogens with one attached hydrogen (secondary N) is 2. The van der Waals surface area contributed by atoms with Crippen LogP contribution in [0.25, 0.3) is 11.2 Å². The van der Waals surface area contributed by atoms with E-state index in [4.69, 9.17) is 16.5 Å². The first-order valence-corrected chi connectivity index (χ1v) is 12.9. The highest BCUT2D eigenvalue weighted by Crippen LogP contribution is 2.43. The second-order valence-electron chi connectivity index (χ2n) is 7.21. The predicted octanol–water partition coefficient (Wildman–Crippen LogP) is 2.97. The van der Waals surface area contributed by atoms with Gasteiger partial charge in [-0.1, -0.05) is 17.7 Å². The molecule has 0 saturated heterocycles. The monoisotopic (exact) mass is 500 g/mol. The molecule has 0 radical (unpaired) electrons. The summed E-state index contributed by atoms with van der Waals surface area (Å²) >= 11 is 6.07. The van der Waals surface area contributed by atoms with Crippen LogP contribution in [0.15, 0.2) is 30.6 Å². The molecule has 32 heavy (non-hydrogen) atoms. The zero-order valence-electron chi connectivity index (χ0n) is 17.3. The summed E-state index contributed by atoms with van der Waals surface area (Å²) in [6.07, 6.45) is 1.67. The van der Waals surface area contributed by atoms with Crippen LogP contribution in [-0.4, -0.2) is 45.8 Å². The molecule has 2 aromatic heterocycles. The van der Waals surface area contributed by atoms with Gasteiger partial charge in [-0.3, -0.25) is 4.57 Å². The van der Waals surface area contributed by atoms with Gasteiger partial charge in [0.2, 0.25) is 19.0 Å². The lowest BCUT2D eigenvalue weighted by molar-refractivity contribution is -0.167. The average Bonchev–Trinajstić information content (AvgIpc) is 3.11. The Balaban J connectivity index is 1.84. The summed E-state index contributed by atoms with van der Waals surface area (Å²) in [5.74, 6) is 0.732. The fraction of sp³-hybridized carbons (Fsp3) is 0.333. The van der Waals surface area contributed by atoms with Crippen LogP contribution in [0.3, 0.4) is 0 Å². The van der Waals surface area contributed by atoms with E-state index in [1.165, 1.54) is 0 Å². The van der Waals surface area contributed by atoms with Gasteiger partial charge in [0.05, 0.1) is 6.33 Å². The number of rotatable bonds is 9. The molecule has 1 unspecified atom stereocenters. The van der Waals surface area contributed by atoms with E-state index >= 15 is 0 Å². The number of imidazole rings is 1. The number of nitrogens with zero attached hydrogens (tertiary/aromatic N) is 4. The topological polar surface area (TPSA) is 168 Å². The zero-order valence-corrected chi connectivity index (χ0v) is 19.8. The minimum absolute atomic E-state index is 0.100. The summed E-state index contributed by atoms with van der Waals surface area (Å²) in [6, 6.07) is 7.24. The highest BCUT2D eigenvalue weighted by atomic mass is 35.5. The Hall–Kier alpha value is -2.10. The first-order chi connectivity index (χ1) is 15.1. The molecule has 1 atom stereocenters. The van der Waals surface area contributed by atoms with Crippen molar-refractivity contribution >= 4 is 60.8 Å². The van der Waals surface area contributed by atoms with Gasteiger partial charge in [-0.15, -0.1) is 0 Å². The molecule has 0 bridgehead atoms. The largest absolute Gasteiger partial charge is 0.603 e. The molecule has 3 rings (SSSR count). The molecule has 5 N–H and O–H groups in total. The minimum Gasteiger partial charge on any atom is -0.603 e. The van der Waals surface area contributed by atoms with Crippen molar-refractivity contribution < 1.29 is 24.1 Å². The van der Waals surface area contributed by atoms with Crippen molar-refractivity contribution in [2.75, 3.05) is 17.2 Å². The Morgan fingerprint density at radius 1 is 1.34 bits per heavy atom. The first kappa shape index (κ1) is 24.5. The quantitative estimate of drug-likeness (QED) is 0.217. The Labute approximate surface area is 190 Å². The van der Waals surface area contributed by atoms with Gasteiger partial charge >= 0.3 is 7.60 Å². The summed E-state index contributed by atoms with van der Waals surface area (Å²) in [5.41, 5.74) is 1.89. The van der Waals surface area contributed by atoms with E-state index in [1.54, 1.807) is 24.5 Å². The molecule has 0 aliphatic carbocycles. The molecular formula is C18H23ClN6O5P2. The van der Waals surface area contributed by atoms with E-state index in [0.717, 1.165) is 5.69 Å². The molecule has 0 aliphatic rings. The summed E-state index contributed by atoms with van der Waals surface area (Å²) in [7, 11) is -7.82. The Morgan fingerprint density at radius 3 is 2.72 bits per heavy atom. The van der Waals surface area contributed by atoms with Crippen LogP contribution in [0.4, 0.5) is 17.5 Å². The fourth-order valence-corrected chi connectivity index (χ4v) is 4.84. The maximum atomic E-state index is 11.3. The predicted molar refractivity (Wildman–Crippen MR) is 124 cm³/mol. The van der Waals surface area contributed by atoms with Crippen molar-refractivity contribution in [3.63, 3.8) is 0 Å². The number of benzene rings is 1. The van der Waals surface area contributed by atoms with Crippen LogP contribution in [0.2, 0.25) is 5.02 Å². The van der Waals surface area contributed by atoms with Gasteiger partial charge in [0.25, 0.3) is 0 Å². The van der Waals surface area contributed by atoms with Crippen molar-refractivity contribution in [1.29, 1.82) is 0 Å². The van der Waals surface area contributed by atoms with Crippen molar-refractivity contribution in [3.8, 4) is 0 Å². The van der Waals surface area contributed by atoms with Gasteiger partial charge in [-0.25, -0.2) is 4.98 Å². The van der Waals surface area contributed by atoms with Crippen LogP contribution in [-0.2, 0) is 4.57 Å². The van der Waals surface area contributed by atoms with E-state index in [1.807, 2.05) is 24.5 Å². The number of hydrogen-bond acceptors (Lipinski definition) is 8. The number of hydrogen-bond donors (Lipinski definition) is 5. The van der Waals surface area contributed by atoms with E-state index in [9.17, 15) is 19.2 Å². The lowest BCUT2D eigenvalue weighted by Crippen LogP contribution is -2.11. The molecule has 0 aliphatic heterocycles. The van der Waals surface area contributed by atoms with Crippen LogP contribution >= 0.6 is 27.2 Å². The highest BCUT2D eigenvalue weighted by molar-refractivity contribution is 7.82. The standard InChI is InChI=1S/C18H23ClN6O5P2/c1-11(2)25-10-21-15-16(22-13-6-3-5-12(19)9-13)23-18(24-17(15)25)20-8-4-7-14(31(26)27)32(28,29)30/h3,5-6,9-11H,4,7-8H2,1-2H3,(H,26,27)(H2,28,29,30)(H2,20,22,23,24). The SMILES string of the molecule is CC(C)n1cnc2c(Nc3cccc(Cl)c3)nc(NCCCC(=[P+]([O-])O)P(=O)(O)O)nc21. The Morgan fingerprint density at radius 2 is 2.09 bits per heavy atom. The lowest BCUT2D eigenvalue weighted by atomic mass is 10.3. The smallest absolute Gasteiger partial charge is 0.396 e. The molecule has 0 spiro atoms. The second-order valence-corrected chi connectivity index (χ2v) is 10.7. The molecule has 3 aromatic rings. The van der Waals surface area contributed by atoms with Gasteiger partial charge in [0, 0.05) is 29.7 Å². The number of fused-ring (bicyclic) bond motifs is 1. The number of halogens is 1. The summed E-state index contributed by atoms with van der Waals surface area (Å²) in [6.45, 7) is 4.22. The van der Waals surface area contributed by atoms with E-state index < -0.39 is 20.6 Å². The van der Waals surface area contributed by atoms with Gasteiger partial charge in [0.1, 0.15) is 0 Å². The molecule has 0 fully saturated rings. The normalized spacial score (nSPS) is 12.9. The van der Waals surface area contributed by atoms with Gasteiger partial charge in [-0.2, -0.15) is 14.9 Å². The maximum absolute atomic E-state index is 11.3. The molecule has 11 nitrogen and oxygen atoms in total. The molecular weight excluding hydrogens is 478 g/mol. The Bertz CT molecular complexity index is 1190. The molecule has 172 valence electrons. The Kier molecular flexibility index (Phi) is 7.84. The summed E-state index contributed by atoms with van der Waals surface area (Å²) < 4.78 is 13.2. The summed E-state index contributed by atoms with van der Waals surface area (Å²) in [5, 5.41) is 6.08. The first-order valence-electron chi connectivity index (χ1n) is 9.65. The van der Waals surface area contributed by atoms with Gasteiger partial charge in [-0.05, 0) is 38.5 Å². The number of aromatic nitrogens is 4. The van der Waals surface area contributed by atoms with Crippen molar-refractivity contribution in [1.82, 2.24) is 19.5 Å². The molecule has 2 heterocycles. The zero-order chi connectivity index (χ0) is 23.5. The third-order valence-electron chi connectivity index (χ3n) is 4.48. The lowest BCUT2D eigenvalue weighted by Gasteiger charge is -2.12. The van der Waals surface area contributed by atoms with E-state index in [-0.39, 0.29) is 31.4 Å². The maximum Gasteiger partial charge on any atom is 0.396 e. The molecule has 0 amide bonds. The number of anilines is 3.